The SMILES string of the molecule is CC(C)N(Cc1cccc(F)c1)C(=O)CN.Cl. The van der Waals surface area contributed by atoms with Gasteiger partial charge in [-0.15, -0.1) is 12.4 Å². The predicted octanol–water partition coefficient (Wildman–Crippen LogP) is 1.94. The monoisotopic (exact) mass is 260 g/mol. The molecule has 0 aliphatic carbocycles. The molecule has 0 heterocycles. The van der Waals surface area contributed by atoms with Crippen molar-refractivity contribution in [2.75, 3.05) is 6.54 Å². The van der Waals surface area contributed by atoms with Gasteiger partial charge in [-0.3, -0.25) is 4.79 Å². The third-order valence-electron chi connectivity index (χ3n) is 2.36. The van der Waals surface area contributed by atoms with E-state index in [0.29, 0.717) is 6.54 Å². The van der Waals surface area contributed by atoms with Gasteiger partial charge < -0.3 is 10.6 Å². The van der Waals surface area contributed by atoms with Crippen LogP contribution in [0.1, 0.15) is 19.4 Å². The minimum absolute atomic E-state index is 0. The van der Waals surface area contributed by atoms with Crippen LogP contribution in [0.4, 0.5) is 4.39 Å². The van der Waals surface area contributed by atoms with Gasteiger partial charge in [0.15, 0.2) is 0 Å². The van der Waals surface area contributed by atoms with Crippen LogP contribution in [-0.2, 0) is 11.3 Å². The van der Waals surface area contributed by atoms with Crippen LogP contribution in [0, 0.1) is 5.82 Å². The second kappa shape index (κ2) is 7.25. The van der Waals surface area contributed by atoms with Crippen molar-refractivity contribution in [3.8, 4) is 0 Å². The molecule has 2 N–H and O–H groups in total. The van der Waals surface area contributed by atoms with Crippen molar-refractivity contribution in [2.45, 2.75) is 26.4 Å². The number of hydrogen-bond donors (Lipinski definition) is 1. The summed E-state index contributed by atoms with van der Waals surface area (Å²) in [6.07, 6.45) is 0. The van der Waals surface area contributed by atoms with Crippen LogP contribution in [0.15, 0.2) is 24.3 Å². The van der Waals surface area contributed by atoms with Crippen LogP contribution >= 0.6 is 12.4 Å². The summed E-state index contributed by atoms with van der Waals surface area (Å²) in [7, 11) is 0. The molecule has 0 bridgehead atoms. The molecular weight excluding hydrogens is 243 g/mol. The number of benzene rings is 1. The summed E-state index contributed by atoms with van der Waals surface area (Å²) in [6.45, 7) is 4.19. The smallest absolute Gasteiger partial charge is 0.236 e. The maximum absolute atomic E-state index is 13.0. The van der Waals surface area contributed by atoms with E-state index >= 15 is 0 Å². The summed E-state index contributed by atoms with van der Waals surface area (Å²) in [5.74, 6) is -0.416. The molecule has 0 radical (unpaired) electrons. The zero-order chi connectivity index (χ0) is 12.1. The van der Waals surface area contributed by atoms with E-state index in [0.717, 1.165) is 5.56 Å². The Morgan fingerprint density at radius 2 is 2.12 bits per heavy atom. The van der Waals surface area contributed by atoms with E-state index in [1.165, 1.54) is 12.1 Å². The van der Waals surface area contributed by atoms with Crippen molar-refractivity contribution in [3.05, 3.63) is 35.6 Å². The van der Waals surface area contributed by atoms with Crippen LogP contribution in [0.3, 0.4) is 0 Å². The Balaban J connectivity index is 0.00000256. The lowest BCUT2D eigenvalue weighted by Gasteiger charge is -2.26. The first-order valence-corrected chi connectivity index (χ1v) is 5.28. The molecule has 0 saturated carbocycles. The molecule has 1 amide bonds. The first-order valence-electron chi connectivity index (χ1n) is 5.28. The van der Waals surface area contributed by atoms with E-state index in [1.807, 2.05) is 13.8 Å². The lowest BCUT2D eigenvalue weighted by Crippen LogP contribution is -2.40. The average Bonchev–Trinajstić information content (AvgIpc) is 2.24. The molecule has 5 heteroatoms. The average molecular weight is 261 g/mol. The highest BCUT2D eigenvalue weighted by molar-refractivity contribution is 5.85. The predicted molar refractivity (Wildman–Crippen MR) is 68.4 cm³/mol. The lowest BCUT2D eigenvalue weighted by atomic mass is 10.2. The number of rotatable bonds is 4. The van der Waals surface area contributed by atoms with Crippen LogP contribution in [0.5, 0.6) is 0 Å². The van der Waals surface area contributed by atoms with Gasteiger partial charge in [0.05, 0.1) is 6.54 Å². The number of nitrogens with two attached hydrogens (primary N) is 1. The van der Waals surface area contributed by atoms with Crippen molar-refractivity contribution in [3.63, 3.8) is 0 Å². The number of nitrogens with zero attached hydrogens (tertiary/aromatic N) is 1. The molecule has 0 aliphatic heterocycles. The fourth-order valence-corrected chi connectivity index (χ4v) is 1.51. The third-order valence-corrected chi connectivity index (χ3v) is 2.36. The minimum Gasteiger partial charge on any atom is -0.335 e. The lowest BCUT2D eigenvalue weighted by molar-refractivity contribution is -0.132. The minimum atomic E-state index is -0.290. The molecule has 0 saturated heterocycles. The maximum Gasteiger partial charge on any atom is 0.236 e. The Labute approximate surface area is 107 Å². The van der Waals surface area contributed by atoms with Gasteiger partial charge in [0.2, 0.25) is 5.91 Å². The summed E-state index contributed by atoms with van der Waals surface area (Å²) in [6, 6.07) is 6.30. The van der Waals surface area contributed by atoms with E-state index in [1.54, 1.807) is 17.0 Å². The molecule has 0 atom stereocenters. The van der Waals surface area contributed by atoms with E-state index in [2.05, 4.69) is 0 Å². The van der Waals surface area contributed by atoms with Crippen molar-refractivity contribution in [1.29, 1.82) is 0 Å². The number of amides is 1. The van der Waals surface area contributed by atoms with Gasteiger partial charge in [-0.2, -0.15) is 0 Å². The Hall–Kier alpha value is -1.13. The Bertz CT molecular complexity index is 371. The highest BCUT2D eigenvalue weighted by Gasteiger charge is 2.15. The van der Waals surface area contributed by atoms with E-state index in [4.69, 9.17) is 5.73 Å². The highest BCUT2D eigenvalue weighted by atomic mass is 35.5. The molecular formula is C12H18ClFN2O. The van der Waals surface area contributed by atoms with Crippen molar-refractivity contribution in [2.24, 2.45) is 5.73 Å². The van der Waals surface area contributed by atoms with Crippen LogP contribution < -0.4 is 5.73 Å². The van der Waals surface area contributed by atoms with Crippen LogP contribution in [-0.4, -0.2) is 23.4 Å². The van der Waals surface area contributed by atoms with E-state index < -0.39 is 0 Å². The van der Waals surface area contributed by atoms with Crippen molar-refractivity contribution >= 4 is 18.3 Å². The molecule has 0 aliphatic rings. The molecule has 1 aromatic carbocycles. The first kappa shape index (κ1) is 15.9. The number of halogens is 2. The van der Waals surface area contributed by atoms with Gasteiger partial charge in [0.1, 0.15) is 5.82 Å². The molecule has 1 rings (SSSR count). The quantitative estimate of drug-likeness (QED) is 0.899. The number of carbonyl (C=O) groups excluding carboxylic acids is 1. The van der Waals surface area contributed by atoms with Gasteiger partial charge in [0, 0.05) is 12.6 Å². The topological polar surface area (TPSA) is 46.3 Å². The molecule has 0 unspecified atom stereocenters. The summed E-state index contributed by atoms with van der Waals surface area (Å²) < 4.78 is 13.0. The highest BCUT2D eigenvalue weighted by Crippen LogP contribution is 2.10. The summed E-state index contributed by atoms with van der Waals surface area (Å²) in [5.41, 5.74) is 6.10. The standard InChI is InChI=1S/C12H17FN2O.ClH/c1-9(2)15(12(16)7-14)8-10-4-3-5-11(13)6-10;/h3-6,9H,7-8,14H2,1-2H3;1H. The second-order valence-electron chi connectivity index (χ2n) is 3.95. The summed E-state index contributed by atoms with van der Waals surface area (Å²) in [5, 5.41) is 0. The third kappa shape index (κ3) is 4.71. The molecule has 0 aromatic heterocycles. The summed E-state index contributed by atoms with van der Waals surface area (Å²) >= 11 is 0. The zero-order valence-corrected chi connectivity index (χ0v) is 10.8. The van der Waals surface area contributed by atoms with E-state index in [-0.39, 0.29) is 36.7 Å². The normalized spacial score (nSPS) is 9.94. The van der Waals surface area contributed by atoms with Crippen LogP contribution in [0.25, 0.3) is 0 Å². The second-order valence-corrected chi connectivity index (χ2v) is 3.95. The van der Waals surface area contributed by atoms with Crippen molar-refractivity contribution in [1.82, 2.24) is 4.90 Å². The van der Waals surface area contributed by atoms with E-state index in [9.17, 15) is 9.18 Å². The van der Waals surface area contributed by atoms with Gasteiger partial charge in [-0.1, -0.05) is 12.1 Å². The Kier molecular flexibility index (Phi) is 6.76. The fraction of sp³-hybridized carbons (Fsp3) is 0.417. The fourth-order valence-electron chi connectivity index (χ4n) is 1.51. The zero-order valence-electron chi connectivity index (χ0n) is 10.0. The van der Waals surface area contributed by atoms with Crippen molar-refractivity contribution < 1.29 is 9.18 Å². The molecule has 0 fully saturated rings. The van der Waals surface area contributed by atoms with Gasteiger partial charge >= 0.3 is 0 Å². The molecule has 3 nitrogen and oxygen atoms in total. The van der Waals surface area contributed by atoms with Gasteiger partial charge in [-0.25, -0.2) is 4.39 Å². The Morgan fingerprint density at radius 1 is 1.47 bits per heavy atom. The number of carbonyl (C=O) groups is 1. The van der Waals surface area contributed by atoms with Crippen LogP contribution in [0.2, 0.25) is 0 Å². The van der Waals surface area contributed by atoms with Gasteiger partial charge in [-0.05, 0) is 31.5 Å². The number of hydrogen-bond acceptors (Lipinski definition) is 2. The maximum atomic E-state index is 13.0. The first-order chi connectivity index (χ1) is 7.54. The molecule has 0 spiro atoms. The molecule has 96 valence electrons. The molecule has 17 heavy (non-hydrogen) atoms. The summed E-state index contributed by atoms with van der Waals surface area (Å²) in [4.78, 5) is 13.2. The largest absolute Gasteiger partial charge is 0.335 e. The Morgan fingerprint density at radius 3 is 2.59 bits per heavy atom. The molecule has 1 aromatic rings. The van der Waals surface area contributed by atoms with Gasteiger partial charge in [0.25, 0.3) is 0 Å².